The molecule has 4 aliphatic carbocycles. The summed E-state index contributed by atoms with van der Waals surface area (Å²) in [6, 6.07) is 0. The standard InChI is InChI=1S/C20H29Br/c1-17(2)13-7-9-19(17,5)11-12(13)15-14-8-10-20(6,16(15)21)18(14,3)4/h11,13-14H,7-10H2,1-6H3. The van der Waals surface area contributed by atoms with E-state index in [0.29, 0.717) is 21.7 Å². The zero-order valence-corrected chi connectivity index (χ0v) is 16.0. The van der Waals surface area contributed by atoms with E-state index >= 15 is 0 Å². The van der Waals surface area contributed by atoms with Crippen molar-refractivity contribution in [3.63, 3.8) is 0 Å². The van der Waals surface area contributed by atoms with Gasteiger partial charge in [-0.1, -0.05) is 63.5 Å². The molecule has 21 heavy (non-hydrogen) atoms. The van der Waals surface area contributed by atoms with E-state index in [1.54, 1.807) is 15.6 Å². The lowest BCUT2D eigenvalue weighted by Gasteiger charge is -2.35. The fourth-order valence-corrected chi connectivity index (χ4v) is 7.43. The summed E-state index contributed by atoms with van der Waals surface area (Å²) in [5.74, 6) is 1.55. The monoisotopic (exact) mass is 348 g/mol. The van der Waals surface area contributed by atoms with Crippen molar-refractivity contribution in [1.29, 1.82) is 0 Å². The molecule has 0 aromatic heterocycles. The first-order valence-electron chi connectivity index (χ1n) is 8.69. The fourth-order valence-electron chi connectivity index (χ4n) is 6.21. The molecule has 0 saturated heterocycles. The van der Waals surface area contributed by atoms with Gasteiger partial charge in [-0.25, -0.2) is 0 Å². The average Bonchev–Trinajstić information content (AvgIpc) is 2.88. The number of hydrogen-bond acceptors (Lipinski definition) is 0. The normalized spacial score (nSPS) is 49.2. The molecular formula is C20H29Br. The number of rotatable bonds is 1. The van der Waals surface area contributed by atoms with Gasteiger partial charge in [0.25, 0.3) is 0 Å². The second-order valence-electron chi connectivity index (χ2n) is 9.70. The predicted molar refractivity (Wildman–Crippen MR) is 93.3 cm³/mol. The van der Waals surface area contributed by atoms with E-state index < -0.39 is 0 Å². The van der Waals surface area contributed by atoms with Crippen LogP contribution in [0.4, 0.5) is 0 Å². The molecule has 0 amide bonds. The summed E-state index contributed by atoms with van der Waals surface area (Å²) in [6.07, 6.45) is 8.19. The molecule has 1 heteroatoms. The van der Waals surface area contributed by atoms with Crippen molar-refractivity contribution in [1.82, 2.24) is 0 Å². The maximum Gasteiger partial charge on any atom is 0.00531 e. The van der Waals surface area contributed by atoms with Gasteiger partial charge in [-0.05, 0) is 64.9 Å². The number of hydrogen-bond donors (Lipinski definition) is 0. The van der Waals surface area contributed by atoms with Crippen molar-refractivity contribution < 1.29 is 0 Å². The molecule has 4 atom stereocenters. The molecule has 2 saturated carbocycles. The highest BCUT2D eigenvalue weighted by atomic mass is 79.9. The van der Waals surface area contributed by atoms with E-state index in [1.165, 1.54) is 25.7 Å². The van der Waals surface area contributed by atoms with Crippen LogP contribution in [0.15, 0.2) is 21.7 Å². The van der Waals surface area contributed by atoms with Crippen LogP contribution >= 0.6 is 15.9 Å². The molecule has 0 radical (unpaired) electrons. The van der Waals surface area contributed by atoms with Crippen LogP contribution < -0.4 is 0 Å². The van der Waals surface area contributed by atoms with Crippen LogP contribution in [0.1, 0.15) is 67.2 Å². The van der Waals surface area contributed by atoms with E-state index in [1.807, 2.05) is 0 Å². The molecule has 2 fully saturated rings. The Labute approximate surface area is 138 Å². The molecule has 0 aliphatic heterocycles. The van der Waals surface area contributed by atoms with Crippen molar-refractivity contribution >= 4 is 15.9 Å². The van der Waals surface area contributed by atoms with Crippen molar-refractivity contribution in [2.75, 3.05) is 0 Å². The summed E-state index contributed by atoms with van der Waals surface area (Å²) in [5, 5.41) is 0. The summed E-state index contributed by atoms with van der Waals surface area (Å²) in [4.78, 5) is 0. The molecule has 0 aromatic carbocycles. The molecule has 4 rings (SSSR count). The Morgan fingerprint density at radius 1 is 0.905 bits per heavy atom. The number of fused-ring (bicyclic) bond motifs is 4. The lowest BCUT2D eigenvalue weighted by molar-refractivity contribution is 0.173. The van der Waals surface area contributed by atoms with E-state index in [2.05, 4.69) is 63.5 Å². The quantitative estimate of drug-likeness (QED) is 0.509. The lowest BCUT2D eigenvalue weighted by atomic mass is 9.69. The Morgan fingerprint density at radius 3 is 1.95 bits per heavy atom. The van der Waals surface area contributed by atoms with Gasteiger partial charge >= 0.3 is 0 Å². The summed E-state index contributed by atoms with van der Waals surface area (Å²) >= 11 is 4.07. The largest absolute Gasteiger partial charge is 0.0742 e. The highest BCUT2D eigenvalue weighted by Crippen LogP contribution is 2.74. The van der Waals surface area contributed by atoms with Gasteiger partial charge in [0.15, 0.2) is 0 Å². The smallest absolute Gasteiger partial charge is 0.00531 e. The minimum atomic E-state index is 0.362. The van der Waals surface area contributed by atoms with Crippen LogP contribution in [0.25, 0.3) is 0 Å². The zero-order valence-electron chi connectivity index (χ0n) is 14.4. The summed E-state index contributed by atoms with van der Waals surface area (Å²) in [5.41, 5.74) is 5.07. The molecule has 0 aromatic rings. The highest BCUT2D eigenvalue weighted by Gasteiger charge is 2.64. The van der Waals surface area contributed by atoms with Gasteiger partial charge in [0.05, 0.1) is 0 Å². The van der Waals surface area contributed by atoms with Crippen LogP contribution in [0.5, 0.6) is 0 Å². The Morgan fingerprint density at radius 2 is 1.52 bits per heavy atom. The minimum Gasteiger partial charge on any atom is -0.0742 e. The summed E-state index contributed by atoms with van der Waals surface area (Å²) < 4.78 is 1.55. The molecule has 116 valence electrons. The highest BCUT2D eigenvalue weighted by molar-refractivity contribution is 9.11. The van der Waals surface area contributed by atoms with Gasteiger partial charge in [-0.2, -0.15) is 0 Å². The SMILES string of the molecule is CC12C=C(C3=C(Br)C4(C)CCC3C4(C)C)C(CC1)C2(C)C. The Kier molecular flexibility index (Phi) is 2.57. The van der Waals surface area contributed by atoms with Gasteiger partial charge in [-0.3, -0.25) is 0 Å². The summed E-state index contributed by atoms with van der Waals surface area (Å²) in [7, 11) is 0. The van der Waals surface area contributed by atoms with E-state index in [4.69, 9.17) is 0 Å². The maximum atomic E-state index is 4.07. The third-order valence-electron chi connectivity index (χ3n) is 8.75. The second kappa shape index (κ2) is 3.71. The van der Waals surface area contributed by atoms with Crippen LogP contribution in [-0.2, 0) is 0 Å². The number of allylic oxidation sites excluding steroid dienone is 4. The van der Waals surface area contributed by atoms with Crippen molar-refractivity contribution in [3.8, 4) is 0 Å². The third kappa shape index (κ3) is 1.35. The Balaban J connectivity index is 1.86. The first kappa shape index (κ1) is 14.5. The van der Waals surface area contributed by atoms with Crippen molar-refractivity contribution in [3.05, 3.63) is 21.7 Å². The Bertz CT molecular complexity index is 591. The van der Waals surface area contributed by atoms with Crippen LogP contribution in [-0.4, -0.2) is 0 Å². The molecule has 4 aliphatic rings. The summed E-state index contributed by atoms with van der Waals surface area (Å²) in [6.45, 7) is 15.0. The van der Waals surface area contributed by atoms with E-state index in [-0.39, 0.29) is 0 Å². The fraction of sp³-hybridized carbons (Fsp3) is 0.800. The first-order valence-corrected chi connectivity index (χ1v) is 9.49. The topological polar surface area (TPSA) is 0 Å². The molecule has 4 bridgehead atoms. The van der Waals surface area contributed by atoms with Gasteiger partial charge in [0, 0.05) is 9.90 Å². The molecular weight excluding hydrogens is 320 g/mol. The van der Waals surface area contributed by atoms with Gasteiger partial charge < -0.3 is 0 Å². The number of halogens is 1. The van der Waals surface area contributed by atoms with E-state index in [9.17, 15) is 0 Å². The van der Waals surface area contributed by atoms with Gasteiger partial charge in [-0.15, -0.1) is 0 Å². The maximum absolute atomic E-state index is 4.07. The second-order valence-corrected chi connectivity index (χ2v) is 10.5. The molecule has 0 nitrogen and oxygen atoms in total. The minimum absolute atomic E-state index is 0.362. The first-order chi connectivity index (χ1) is 9.56. The lowest BCUT2D eigenvalue weighted by Crippen LogP contribution is -2.29. The third-order valence-corrected chi connectivity index (χ3v) is 10.1. The molecule has 0 N–H and O–H groups in total. The zero-order chi connectivity index (χ0) is 15.4. The molecule has 0 spiro atoms. The molecule has 4 unspecified atom stereocenters. The van der Waals surface area contributed by atoms with Gasteiger partial charge in [0.2, 0.25) is 0 Å². The van der Waals surface area contributed by atoms with Crippen LogP contribution in [0.3, 0.4) is 0 Å². The van der Waals surface area contributed by atoms with Gasteiger partial charge in [0.1, 0.15) is 0 Å². The average molecular weight is 349 g/mol. The van der Waals surface area contributed by atoms with Crippen molar-refractivity contribution in [2.45, 2.75) is 67.2 Å². The molecule has 0 heterocycles. The van der Waals surface area contributed by atoms with Crippen molar-refractivity contribution in [2.24, 2.45) is 33.5 Å². The predicted octanol–water partition coefficient (Wildman–Crippen LogP) is 6.47. The van der Waals surface area contributed by atoms with E-state index in [0.717, 1.165) is 11.8 Å². The van der Waals surface area contributed by atoms with Crippen LogP contribution in [0.2, 0.25) is 0 Å². The van der Waals surface area contributed by atoms with Crippen LogP contribution in [0, 0.1) is 33.5 Å². The Hall–Kier alpha value is -0.0400.